The van der Waals surface area contributed by atoms with Crippen LogP contribution in [-0.2, 0) is 12.8 Å². The largest absolute Gasteiger partial charge is 0.474 e. The van der Waals surface area contributed by atoms with Gasteiger partial charge in [-0.15, -0.1) is 0 Å². The minimum absolute atomic E-state index is 0.122. The Bertz CT molecular complexity index is 462. The SMILES string of the molecule is CCCC(C)Oc1nc2c(cc1C#N)CCCC2. The third-order valence-electron chi connectivity index (χ3n) is 3.39. The number of pyridine rings is 1. The van der Waals surface area contributed by atoms with Gasteiger partial charge in [0.2, 0.25) is 5.88 Å². The second-order valence-electron chi connectivity index (χ2n) is 4.98. The summed E-state index contributed by atoms with van der Waals surface area (Å²) in [6.07, 6.45) is 6.64. The molecule has 1 aliphatic rings. The quantitative estimate of drug-likeness (QED) is 0.815. The van der Waals surface area contributed by atoms with E-state index < -0.39 is 0 Å². The lowest BCUT2D eigenvalue weighted by molar-refractivity contribution is 0.200. The molecule has 0 amide bonds. The van der Waals surface area contributed by atoms with Crippen LogP contribution in [0.25, 0.3) is 0 Å². The third-order valence-corrected chi connectivity index (χ3v) is 3.39. The fraction of sp³-hybridized carbons (Fsp3) is 0.600. The number of fused-ring (bicyclic) bond motifs is 1. The van der Waals surface area contributed by atoms with Crippen LogP contribution >= 0.6 is 0 Å². The maximum Gasteiger partial charge on any atom is 0.232 e. The van der Waals surface area contributed by atoms with Crippen LogP contribution in [0.4, 0.5) is 0 Å². The molecule has 1 atom stereocenters. The van der Waals surface area contributed by atoms with Gasteiger partial charge in [-0.2, -0.15) is 5.26 Å². The Labute approximate surface area is 109 Å². The number of hydrogen-bond acceptors (Lipinski definition) is 3. The Kier molecular flexibility index (Phi) is 4.19. The molecule has 0 aromatic carbocycles. The van der Waals surface area contributed by atoms with Crippen molar-refractivity contribution < 1.29 is 4.74 Å². The summed E-state index contributed by atoms with van der Waals surface area (Å²) in [6, 6.07) is 4.17. The van der Waals surface area contributed by atoms with Crippen LogP contribution in [0.2, 0.25) is 0 Å². The van der Waals surface area contributed by atoms with E-state index in [1.54, 1.807) is 0 Å². The Morgan fingerprint density at radius 1 is 1.44 bits per heavy atom. The Hall–Kier alpha value is -1.56. The Morgan fingerprint density at radius 2 is 2.22 bits per heavy atom. The van der Waals surface area contributed by atoms with Crippen LogP contribution in [0, 0.1) is 11.3 Å². The summed E-state index contributed by atoms with van der Waals surface area (Å²) < 4.78 is 5.81. The summed E-state index contributed by atoms with van der Waals surface area (Å²) in [5.74, 6) is 0.527. The average Bonchev–Trinajstić information content (AvgIpc) is 2.38. The zero-order valence-electron chi connectivity index (χ0n) is 11.2. The highest BCUT2D eigenvalue weighted by Gasteiger charge is 2.17. The van der Waals surface area contributed by atoms with Gasteiger partial charge in [0.25, 0.3) is 0 Å². The van der Waals surface area contributed by atoms with Gasteiger partial charge in [0.1, 0.15) is 11.6 Å². The minimum Gasteiger partial charge on any atom is -0.474 e. The molecule has 0 N–H and O–H groups in total. The lowest BCUT2D eigenvalue weighted by Crippen LogP contribution is -2.15. The van der Waals surface area contributed by atoms with Gasteiger partial charge in [-0.05, 0) is 50.7 Å². The molecule has 3 nitrogen and oxygen atoms in total. The van der Waals surface area contributed by atoms with E-state index >= 15 is 0 Å². The number of aryl methyl sites for hydroxylation is 2. The van der Waals surface area contributed by atoms with Crippen molar-refractivity contribution in [3.05, 3.63) is 22.9 Å². The van der Waals surface area contributed by atoms with E-state index in [0.29, 0.717) is 11.4 Å². The Morgan fingerprint density at radius 3 is 2.94 bits per heavy atom. The highest BCUT2D eigenvalue weighted by Crippen LogP contribution is 2.26. The van der Waals surface area contributed by atoms with E-state index in [-0.39, 0.29) is 6.10 Å². The number of rotatable bonds is 4. The molecule has 0 aliphatic heterocycles. The summed E-state index contributed by atoms with van der Waals surface area (Å²) in [6.45, 7) is 4.16. The van der Waals surface area contributed by atoms with Crippen LogP contribution in [0.3, 0.4) is 0 Å². The summed E-state index contributed by atoms with van der Waals surface area (Å²) in [5, 5.41) is 9.19. The molecule has 0 saturated carbocycles. The molecule has 1 aliphatic carbocycles. The van der Waals surface area contributed by atoms with Gasteiger partial charge in [-0.25, -0.2) is 4.98 Å². The van der Waals surface area contributed by atoms with E-state index in [4.69, 9.17) is 4.74 Å². The number of nitriles is 1. The van der Waals surface area contributed by atoms with Crippen LogP contribution in [0.5, 0.6) is 5.88 Å². The molecule has 0 saturated heterocycles. The molecule has 0 bridgehead atoms. The first-order chi connectivity index (χ1) is 8.74. The van der Waals surface area contributed by atoms with E-state index in [0.717, 1.165) is 31.4 Å². The number of aromatic nitrogens is 1. The first-order valence-corrected chi connectivity index (χ1v) is 6.84. The van der Waals surface area contributed by atoms with Crippen molar-refractivity contribution in [2.75, 3.05) is 0 Å². The van der Waals surface area contributed by atoms with E-state index in [1.807, 2.05) is 13.0 Å². The van der Waals surface area contributed by atoms with Crippen molar-refractivity contribution in [3.8, 4) is 11.9 Å². The van der Waals surface area contributed by atoms with Crippen LogP contribution in [0.1, 0.15) is 56.4 Å². The van der Waals surface area contributed by atoms with Gasteiger partial charge in [0.15, 0.2) is 0 Å². The van der Waals surface area contributed by atoms with Gasteiger partial charge >= 0.3 is 0 Å². The number of nitrogens with zero attached hydrogens (tertiary/aromatic N) is 2. The third kappa shape index (κ3) is 2.81. The molecule has 0 radical (unpaired) electrons. The molecule has 2 rings (SSSR count). The first kappa shape index (κ1) is 12.9. The van der Waals surface area contributed by atoms with E-state index in [2.05, 4.69) is 18.0 Å². The molecule has 1 heterocycles. The minimum atomic E-state index is 0.122. The summed E-state index contributed by atoms with van der Waals surface area (Å²) in [4.78, 5) is 4.56. The zero-order valence-corrected chi connectivity index (χ0v) is 11.2. The maximum absolute atomic E-state index is 9.19. The summed E-state index contributed by atoms with van der Waals surface area (Å²) in [5.41, 5.74) is 2.94. The molecule has 18 heavy (non-hydrogen) atoms. The van der Waals surface area contributed by atoms with Crippen molar-refractivity contribution in [2.24, 2.45) is 0 Å². The molecule has 1 aromatic heterocycles. The van der Waals surface area contributed by atoms with Crippen molar-refractivity contribution >= 4 is 0 Å². The fourth-order valence-electron chi connectivity index (χ4n) is 2.44. The molecule has 0 spiro atoms. The molecule has 1 unspecified atom stereocenters. The Balaban J connectivity index is 2.26. The molecule has 3 heteroatoms. The van der Waals surface area contributed by atoms with Crippen molar-refractivity contribution in [1.82, 2.24) is 4.98 Å². The summed E-state index contributed by atoms with van der Waals surface area (Å²) in [7, 11) is 0. The van der Waals surface area contributed by atoms with Crippen LogP contribution in [0.15, 0.2) is 6.07 Å². The average molecular weight is 244 g/mol. The highest BCUT2D eigenvalue weighted by atomic mass is 16.5. The monoisotopic (exact) mass is 244 g/mol. The first-order valence-electron chi connectivity index (χ1n) is 6.84. The highest BCUT2D eigenvalue weighted by molar-refractivity contribution is 5.43. The standard InChI is InChI=1S/C15H20N2O/c1-3-6-11(2)18-15-13(10-16)9-12-7-4-5-8-14(12)17-15/h9,11H,3-8H2,1-2H3. The van der Waals surface area contributed by atoms with E-state index in [9.17, 15) is 5.26 Å². The second-order valence-corrected chi connectivity index (χ2v) is 4.98. The fourth-order valence-corrected chi connectivity index (χ4v) is 2.44. The van der Waals surface area contributed by atoms with Crippen LogP contribution in [-0.4, -0.2) is 11.1 Å². The molecule has 1 aromatic rings. The number of ether oxygens (including phenoxy) is 1. The van der Waals surface area contributed by atoms with Gasteiger partial charge in [0, 0.05) is 5.69 Å². The van der Waals surface area contributed by atoms with Gasteiger partial charge in [-0.3, -0.25) is 0 Å². The predicted octanol–water partition coefficient (Wildman–Crippen LogP) is 3.40. The maximum atomic E-state index is 9.19. The molecular formula is C15H20N2O. The number of hydrogen-bond donors (Lipinski definition) is 0. The topological polar surface area (TPSA) is 45.9 Å². The van der Waals surface area contributed by atoms with E-state index in [1.165, 1.54) is 18.4 Å². The normalized spacial score (nSPS) is 15.6. The van der Waals surface area contributed by atoms with Crippen molar-refractivity contribution in [2.45, 2.75) is 58.5 Å². The van der Waals surface area contributed by atoms with Crippen molar-refractivity contribution in [1.29, 1.82) is 5.26 Å². The van der Waals surface area contributed by atoms with Crippen LogP contribution < -0.4 is 4.74 Å². The predicted molar refractivity (Wildman–Crippen MR) is 70.6 cm³/mol. The molecule has 96 valence electrons. The second kappa shape index (κ2) is 5.86. The van der Waals surface area contributed by atoms with Gasteiger partial charge in [0.05, 0.1) is 6.10 Å². The van der Waals surface area contributed by atoms with Gasteiger partial charge < -0.3 is 4.74 Å². The van der Waals surface area contributed by atoms with Gasteiger partial charge in [-0.1, -0.05) is 13.3 Å². The smallest absolute Gasteiger partial charge is 0.232 e. The lowest BCUT2D eigenvalue weighted by Gasteiger charge is -2.19. The molecule has 0 fully saturated rings. The van der Waals surface area contributed by atoms with Crippen molar-refractivity contribution in [3.63, 3.8) is 0 Å². The molecular weight excluding hydrogens is 224 g/mol. The summed E-state index contributed by atoms with van der Waals surface area (Å²) >= 11 is 0. The zero-order chi connectivity index (χ0) is 13.0. The lowest BCUT2D eigenvalue weighted by atomic mass is 9.95.